The molecule has 1 saturated carbocycles. The molecule has 3 nitrogen and oxygen atoms in total. The minimum atomic E-state index is -5.31. The first-order valence-corrected chi connectivity index (χ1v) is 21.2. The quantitative estimate of drug-likeness (QED) is 0.0946. The number of hydrogen-bond acceptors (Lipinski definition) is 3. The average molecular weight is 797 g/mol. The Bertz CT molecular complexity index is 4230. The summed E-state index contributed by atoms with van der Waals surface area (Å²) in [4.78, 5) is 13.3. The van der Waals surface area contributed by atoms with Gasteiger partial charge in [0.1, 0.15) is 0 Å². The third-order valence-electron chi connectivity index (χ3n) is 17.6. The van der Waals surface area contributed by atoms with E-state index in [1.807, 2.05) is 6.07 Å². The van der Waals surface area contributed by atoms with E-state index in [9.17, 15) is 22.4 Å². The van der Waals surface area contributed by atoms with E-state index < -0.39 is 40.9 Å². The summed E-state index contributed by atoms with van der Waals surface area (Å²) in [7, 11) is 0. The van der Waals surface area contributed by atoms with Gasteiger partial charge in [0.15, 0.2) is 6.61 Å². The molecule has 0 saturated heterocycles. The molecular formula is C54H24F4O3. The van der Waals surface area contributed by atoms with Gasteiger partial charge in [0.25, 0.3) is 0 Å². The topological polar surface area (TPSA) is 46.5 Å². The third kappa shape index (κ3) is 2.38. The molecular weight excluding hydrogens is 773 g/mol. The highest BCUT2D eigenvalue weighted by Gasteiger charge is 2.93. The van der Waals surface area contributed by atoms with Crippen LogP contribution in [0, 0.1) is 0 Å². The molecule has 0 amide bonds. The Labute approximate surface area is 339 Å². The molecule has 1 N–H and O–H groups in total. The van der Waals surface area contributed by atoms with Crippen molar-refractivity contribution >= 4 is 136 Å². The maximum absolute atomic E-state index is 14.1. The second-order valence-corrected chi connectivity index (χ2v) is 19.1. The van der Waals surface area contributed by atoms with Crippen LogP contribution in [0.15, 0.2) is 91.0 Å². The number of alkyl halides is 4. The van der Waals surface area contributed by atoms with Crippen LogP contribution in [0.2, 0.25) is 0 Å². The van der Waals surface area contributed by atoms with Crippen molar-refractivity contribution in [3.63, 3.8) is 0 Å². The van der Waals surface area contributed by atoms with Crippen LogP contribution in [0.5, 0.6) is 0 Å². The van der Waals surface area contributed by atoms with Crippen LogP contribution < -0.4 is 10.4 Å². The van der Waals surface area contributed by atoms with Crippen molar-refractivity contribution in [1.29, 1.82) is 0 Å². The number of ether oxygens (including phenoxy) is 1. The molecule has 13 aromatic rings. The molecule has 18 rings (SSSR count). The lowest BCUT2D eigenvalue weighted by Crippen LogP contribution is -2.44. The second kappa shape index (κ2) is 8.25. The van der Waals surface area contributed by atoms with E-state index in [1.54, 1.807) is 0 Å². The summed E-state index contributed by atoms with van der Waals surface area (Å²) in [5.41, 5.74) is 4.83. The van der Waals surface area contributed by atoms with Crippen molar-refractivity contribution in [2.24, 2.45) is 0 Å². The number of fused-ring (bicyclic) bond motifs is 3. The molecule has 1 fully saturated rings. The number of esters is 1. The van der Waals surface area contributed by atoms with Crippen LogP contribution in [-0.2, 0) is 25.8 Å². The van der Waals surface area contributed by atoms with E-state index in [0.717, 1.165) is 5.56 Å². The molecule has 286 valence electrons. The van der Waals surface area contributed by atoms with E-state index in [0.29, 0.717) is 6.42 Å². The normalized spacial score (nSPS) is 23.9. The largest absolute Gasteiger partial charge is 0.459 e. The van der Waals surface area contributed by atoms with Gasteiger partial charge < -0.3 is 9.84 Å². The fourth-order valence-electron chi connectivity index (χ4n) is 16.3. The lowest BCUT2D eigenvalue weighted by molar-refractivity contribution is -0.333. The molecule has 2 unspecified atom stereocenters. The van der Waals surface area contributed by atoms with Crippen LogP contribution in [0.1, 0.15) is 36.0 Å². The van der Waals surface area contributed by atoms with Gasteiger partial charge in [-0.3, -0.25) is 4.79 Å². The fraction of sp³-hybridized carbons (Fsp3) is 0.167. The predicted octanol–water partition coefficient (Wildman–Crippen LogP) is 11.1. The number of allylic oxidation sites excluding steroid dienone is 2. The first-order valence-electron chi connectivity index (χ1n) is 21.2. The molecule has 5 aliphatic carbocycles. The molecule has 5 aliphatic rings. The number of hydrogen-bond donors (Lipinski definition) is 1. The summed E-state index contributed by atoms with van der Waals surface area (Å²) < 4.78 is 59.6. The monoisotopic (exact) mass is 796 g/mol. The molecule has 2 atom stereocenters. The van der Waals surface area contributed by atoms with Gasteiger partial charge in [-0.2, -0.15) is 17.6 Å². The molecule has 13 aromatic carbocycles. The summed E-state index contributed by atoms with van der Waals surface area (Å²) in [6.07, 6.45) is 0.0231. The molecule has 0 aliphatic heterocycles. The van der Waals surface area contributed by atoms with Crippen LogP contribution in [-0.4, -0.2) is 29.7 Å². The van der Waals surface area contributed by atoms with E-state index in [4.69, 9.17) is 9.84 Å². The Kier molecular flexibility index (Phi) is 4.12. The maximum Gasteiger partial charge on any atom is 0.420 e. The average Bonchev–Trinajstić information content (AvgIpc) is 3.91. The summed E-state index contributed by atoms with van der Waals surface area (Å²) >= 11 is 0. The maximum atomic E-state index is 14.1. The van der Waals surface area contributed by atoms with Crippen LogP contribution >= 0.6 is 0 Å². The van der Waals surface area contributed by atoms with Crippen molar-refractivity contribution in [2.45, 2.75) is 47.5 Å². The van der Waals surface area contributed by atoms with Gasteiger partial charge >= 0.3 is 18.0 Å². The first kappa shape index (κ1) is 30.5. The Hall–Kier alpha value is -6.57. The van der Waals surface area contributed by atoms with Crippen molar-refractivity contribution in [2.75, 3.05) is 6.61 Å². The Morgan fingerprint density at radius 3 is 1.39 bits per heavy atom. The molecule has 2 spiro atoms. The number of halogens is 4. The van der Waals surface area contributed by atoms with Gasteiger partial charge in [0, 0.05) is 22.7 Å². The zero-order valence-electron chi connectivity index (χ0n) is 31.8. The number of rotatable bonds is 8. The Morgan fingerprint density at radius 1 is 0.525 bits per heavy atom. The Balaban J connectivity index is 1.05. The smallest absolute Gasteiger partial charge is 0.420 e. The van der Waals surface area contributed by atoms with Gasteiger partial charge in [-0.25, -0.2) is 0 Å². The number of carbonyl (C=O) groups excluding carboxylic acids is 1. The molecule has 0 bridgehead atoms. The van der Waals surface area contributed by atoms with E-state index in [2.05, 4.69) is 84.9 Å². The Morgan fingerprint density at radius 2 is 0.934 bits per heavy atom. The van der Waals surface area contributed by atoms with E-state index >= 15 is 0 Å². The predicted molar refractivity (Wildman–Crippen MR) is 232 cm³/mol. The SMILES string of the molecule is O=C(CCCC1(c2ccccc2)C23C4=c5ccc6c7ccc8c9ccc%10c%11ccc%12c%13c(c%14c%15c2c5c6c2c7c8c5c9c%10c(c%13%11)c%14c5c%152)C13C=%12C=C4)OCC(F)(F)C(O)(F)F. The zero-order valence-corrected chi connectivity index (χ0v) is 31.8. The minimum absolute atomic E-state index is 0.240. The van der Waals surface area contributed by atoms with Gasteiger partial charge in [-0.15, -0.1) is 0 Å². The molecule has 0 heterocycles. The lowest BCUT2D eigenvalue weighted by atomic mass is 9.68. The van der Waals surface area contributed by atoms with Crippen molar-refractivity contribution in [1.82, 2.24) is 0 Å². The highest BCUT2D eigenvalue weighted by Crippen LogP contribution is 2.92. The molecule has 0 radical (unpaired) electrons. The minimum Gasteiger partial charge on any atom is -0.459 e. The van der Waals surface area contributed by atoms with E-state index in [-0.39, 0.29) is 12.8 Å². The van der Waals surface area contributed by atoms with Crippen molar-refractivity contribution in [3.8, 4) is 0 Å². The summed E-state index contributed by atoms with van der Waals surface area (Å²) in [6.45, 7) is -1.90. The van der Waals surface area contributed by atoms with Crippen LogP contribution in [0.25, 0.3) is 130 Å². The highest BCUT2D eigenvalue weighted by molar-refractivity contribution is 6.64. The number of carbonyl (C=O) groups is 1. The zero-order chi connectivity index (χ0) is 40.0. The lowest BCUT2D eigenvalue weighted by Gasteiger charge is -2.32. The van der Waals surface area contributed by atoms with Gasteiger partial charge in [0.05, 0.1) is 0 Å². The molecule has 7 heteroatoms. The van der Waals surface area contributed by atoms with Crippen LogP contribution in [0.4, 0.5) is 17.6 Å². The van der Waals surface area contributed by atoms with Crippen LogP contribution in [0.3, 0.4) is 0 Å². The third-order valence-corrected chi connectivity index (χ3v) is 17.6. The summed E-state index contributed by atoms with van der Waals surface area (Å²) in [5, 5.41) is 41.2. The van der Waals surface area contributed by atoms with Gasteiger partial charge in [0.2, 0.25) is 0 Å². The highest BCUT2D eigenvalue weighted by atomic mass is 19.3. The van der Waals surface area contributed by atoms with Gasteiger partial charge in [-0.05, 0) is 170 Å². The molecule has 61 heavy (non-hydrogen) atoms. The van der Waals surface area contributed by atoms with Crippen molar-refractivity contribution in [3.05, 3.63) is 118 Å². The van der Waals surface area contributed by atoms with Crippen molar-refractivity contribution < 1.29 is 32.2 Å². The fourth-order valence-corrected chi connectivity index (χ4v) is 16.3. The number of benzene rings is 9. The second-order valence-electron chi connectivity index (χ2n) is 19.1. The van der Waals surface area contributed by atoms with E-state index in [1.165, 1.54) is 151 Å². The summed E-state index contributed by atoms with van der Waals surface area (Å²) in [6, 6.07) is 29.6. The molecule has 0 aromatic heterocycles. The standard InChI is InChI=1S/C54H24F4O3/c55-51(56,54(57,58)60)19-61-31(59)7-4-18-50(20-5-2-1-3-6-20)52-29-16-17-30-28-15-13-26-24-11-9-22-21-8-10-23-25-12-14-27(29)38-36(25)41-34(23)32(21)40-33(22)35(24)42-37(26)39(28)49(53(30,50)52)47-45(42)43(40)44(41)46(47)48(38)52/h1-3,5-6,8-17,60H,4,7,18-19H2. The summed E-state index contributed by atoms with van der Waals surface area (Å²) in [5.74, 6) is -5.90. The number of aliphatic hydroxyl groups is 1. The first-order chi connectivity index (χ1) is 29.6. The van der Waals surface area contributed by atoms with Gasteiger partial charge in [-0.1, -0.05) is 91.0 Å².